The summed E-state index contributed by atoms with van der Waals surface area (Å²) in [7, 11) is 1.47. The van der Waals surface area contributed by atoms with Crippen LogP contribution in [0.1, 0.15) is 24.0 Å². The van der Waals surface area contributed by atoms with Gasteiger partial charge in [0, 0.05) is 18.8 Å². The molecule has 1 fully saturated rings. The number of hydrogen-bond acceptors (Lipinski definition) is 7. The van der Waals surface area contributed by atoms with Crippen LogP contribution in [0.25, 0.3) is 0 Å². The Morgan fingerprint density at radius 1 is 1.12 bits per heavy atom. The van der Waals surface area contributed by atoms with E-state index in [0.717, 1.165) is 18.4 Å². The van der Waals surface area contributed by atoms with Crippen LogP contribution < -0.4 is 25.5 Å². The maximum atomic E-state index is 12.1. The number of aryl methyl sites for hydroxylation is 1. The molecule has 180 valence electrons. The molecule has 1 aliphatic rings. The minimum atomic E-state index is -0.874. The first-order valence-electron chi connectivity index (χ1n) is 10.8. The lowest BCUT2D eigenvalue weighted by atomic mass is 10.2. The van der Waals surface area contributed by atoms with Gasteiger partial charge in [-0.25, -0.2) is 5.43 Å². The summed E-state index contributed by atoms with van der Waals surface area (Å²) in [5.41, 5.74) is 4.55. The van der Waals surface area contributed by atoms with Gasteiger partial charge in [0.15, 0.2) is 18.1 Å². The van der Waals surface area contributed by atoms with Crippen molar-refractivity contribution >= 4 is 29.6 Å². The third-order valence-corrected chi connectivity index (χ3v) is 4.98. The monoisotopic (exact) mass is 468 g/mol. The van der Waals surface area contributed by atoms with Gasteiger partial charge in [0.05, 0.1) is 19.4 Å². The summed E-state index contributed by atoms with van der Waals surface area (Å²) in [4.78, 5) is 35.8. The largest absolute Gasteiger partial charge is 0.493 e. The molecule has 1 atom stereocenters. The number of nitrogens with one attached hydrogen (secondary N) is 3. The summed E-state index contributed by atoms with van der Waals surface area (Å²) in [5.74, 6) is -1.21. The minimum Gasteiger partial charge on any atom is -0.493 e. The number of carbonyl (C=O) groups is 3. The number of amides is 3. The molecule has 0 saturated carbocycles. The summed E-state index contributed by atoms with van der Waals surface area (Å²) in [5, 5.41) is 9.07. The SMILES string of the molecule is COc1cc(/C=N\NC(=O)C(=O)NC[C@@H]2CCCO2)ccc1OCC(=O)Nc1ccc(C)cc1. The average Bonchev–Trinajstić information content (AvgIpc) is 3.36. The van der Waals surface area contributed by atoms with E-state index in [-0.39, 0.29) is 25.2 Å². The van der Waals surface area contributed by atoms with Crippen molar-refractivity contribution in [2.75, 3.05) is 32.2 Å². The van der Waals surface area contributed by atoms with Crippen LogP contribution in [0, 0.1) is 6.92 Å². The zero-order chi connectivity index (χ0) is 24.3. The van der Waals surface area contributed by atoms with Gasteiger partial charge in [-0.3, -0.25) is 14.4 Å². The van der Waals surface area contributed by atoms with Crippen molar-refractivity contribution in [1.29, 1.82) is 0 Å². The van der Waals surface area contributed by atoms with Crippen molar-refractivity contribution in [3.63, 3.8) is 0 Å². The molecule has 1 aliphatic heterocycles. The van der Waals surface area contributed by atoms with Gasteiger partial charge in [-0.1, -0.05) is 17.7 Å². The molecule has 10 heteroatoms. The second kappa shape index (κ2) is 12.4. The third kappa shape index (κ3) is 7.59. The zero-order valence-electron chi connectivity index (χ0n) is 19.1. The van der Waals surface area contributed by atoms with Gasteiger partial charge in [-0.15, -0.1) is 0 Å². The Balaban J connectivity index is 1.47. The van der Waals surface area contributed by atoms with E-state index in [1.165, 1.54) is 13.3 Å². The first-order chi connectivity index (χ1) is 16.4. The fraction of sp³-hybridized carbons (Fsp3) is 0.333. The molecular formula is C24H28N4O6. The lowest BCUT2D eigenvalue weighted by Crippen LogP contribution is -2.41. The Morgan fingerprint density at radius 3 is 2.62 bits per heavy atom. The topological polar surface area (TPSA) is 127 Å². The average molecular weight is 469 g/mol. The van der Waals surface area contributed by atoms with E-state index >= 15 is 0 Å². The van der Waals surface area contributed by atoms with E-state index in [4.69, 9.17) is 14.2 Å². The van der Waals surface area contributed by atoms with Crippen LogP contribution in [0.15, 0.2) is 47.6 Å². The highest BCUT2D eigenvalue weighted by molar-refractivity contribution is 6.35. The van der Waals surface area contributed by atoms with Crippen LogP contribution in [-0.2, 0) is 19.1 Å². The Hall–Kier alpha value is -3.92. The summed E-state index contributed by atoms with van der Waals surface area (Å²) in [6, 6.07) is 12.3. The molecular weight excluding hydrogens is 440 g/mol. The van der Waals surface area contributed by atoms with Crippen LogP contribution in [0.4, 0.5) is 5.69 Å². The standard InChI is InChI=1S/C24H28N4O6/c1-16-5-8-18(9-6-16)27-22(29)15-34-20-10-7-17(12-21(20)32-2)13-26-28-24(31)23(30)25-14-19-4-3-11-33-19/h5-10,12-13,19H,3-4,11,14-15H2,1-2H3,(H,25,30)(H,27,29)(H,28,31)/b26-13-/t19-/m0/s1. The summed E-state index contributed by atoms with van der Waals surface area (Å²) in [6.45, 7) is 2.73. The van der Waals surface area contributed by atoms with Crippen LogP contribution >= 0.6 is 0 Å². The first-order valence-corrected chi connectivity index (χ1v) is 10.8. The van der Waals surface area contributed by atoms with Crippen LogP contribution in [0.3, 0.4) is 0 Å². The number of carbonyl (C=O) groups excluding carboxylic acids is 3. The lowest BCUT2D eigenvalue weighted by molar-refractivity contribution is -0.139. The normalized spacial score (nSPS) is 15.1. The van der Waals surface area contributed by atoms with Gasteiger partial charge in [0.25, 0.3) is 5.91 Å². The van der Waals surface area contributed by atoms with Gasteiger partial charge >= 0.3 is 11.8 Å². The van der Waals surface area contributed by atoms with Crippen molar-refractivity contribution in [3.05, 3.63) is 53.6 Å². The van der Waals surface area contributed by atoms with Gasteiger partial charge < -0.3 is 24.8 Å². The minimum absolute atomic E-state index is 0.0536. The summed E-state index contributed by atoms with van der Waals surface area (Å²) >= 11 is 0. The quantitative estimate of drug-likeness (QED) is 0.292. The van der Waals surface area contributed by atoms with Gasteiger partial charge in [0.2, 0.25) is 0 Å². The van der Waals surface area contributed by atoms with E-state index in [1.807, 2.05) is 31.2 Å². The molecule has 0 bridgehead atoms. The molecule has 0 aromatic heterocycles. The molecule has 0 radical (unpaired) electrons. The molecule has 2 aromatic rings. The smallest absolute Gasteiger partial charge is 0.329 e. The molecule has 3 amide bonds. The van der Waals surface area contributed by atoms with Crippen molar-refractivity contribution < 1.29 is 28.6 Å². The highest BCUT2D eigenvalue weighted by atomic mass is 16.5. The zero-order valence-corrected chi connectivity index (χ0v) is 19.1. The van der Waals surface area contributed by atoms with Crippen LogP contribution in [-0.4, -0.2) is 56.9 Å². The highest BCUT2D eigenvalue weighted by Gasteiger charge is 2.19. The Kier molecular flexibility index (Phi) is 8.98. The summed E-state index contributed by atoms with van der Waals surface area (Å²) < 4.78 is 16.3. The number of rotatable bonds is 9. The molecule has 3 N–H and O–H groups in total. The second-order valence-corrected chi connectivity index (χ2v) is 7.66. The van der Waals surface area contributed by atoms with E-state index in [0.29, 0.717) is 29.4 Å². The Bertz CT molecular complexity index is 1030. The van der Waals surface area contributed by atoms with Gasteiger partial charge in [-0.05, 0) is 55.7 Å². The molecule has 10 nitrogen and oxygen atoms in total. The Labute approximate surface area is 197 Å². The van der Waals surface area contributed by atoms with Crippen LogP contribution in [0.2, 0.25) is 0 Å². The molecule has 34 heavy (non-hydrogen) atoms. The molecule has 3 rings (SSSR count). The fourth-order valence-corrected chi connectivity index (χ4v) is 3.17. The van der Waals surface area contributed by atoms with E-state index < -0.39 is 11.8 Å². The molecule has 0 spiro atoms. The third-order valence-electron chi connectivity index (χ3n) is 4.98. The van der Waals surface area contributed by atoms with Gasteiger partial charge in [-0.2, -0.15) is 5.10 Å². The molecule has 2 aromatic carbocycles. The predicted molar refractivity (Wildman–Crippen MR) is 126 cm³/mol. The molecule has 0 aliphatic carbocycles. The van der Waals surface area contributed by atoms with Crippen molar-refractivity contribution in [1.82, 2.24) is 10.7 Å². The number of methoxy groups -OCH3 is 1. The van der Waals surface area contributed by atoms with Gasteiger partial charge in [0.1, 0.15) is 0 Å². The van der Waals surface area contributed by atoms with Crippen molar-refractivity contribution in [2.24, 2.45) is 5.10 Å². The number of benzene rings is 2. The lowest BCUT2D eigenvalue weighted by Gasteiger charge is -2.11. The number of hydrazone groups is 1. The molecule has 1 saturated heterocycles. The maximum Gasteiger partial charge on any atom is 0.329 e. The number of hydrogen-bond donors (Lipinski definition) is 3. The molecule has 1 heterocycles. The maximum absolute atomic E-state index is 12.1. The van der Waals surface area contributed by atoms with Crippen LogP contribution in [0.5, 0.6) is 11.5 Å². The first kappa shape index (κ1) is 24.7. The fourth-order valence-electron chi connectivity index (χ4n) is 3.17. The Morgan fingerprint density at radius 2 is 1.91 bits per heavy atom. The van der Waals surface area contributed by atoms with Crippen molar-refractivity contribution in [2.45, 2.75) is 25.9 Å². The summed E-state index contributed by atoms with van der Waals surface area (Å²) in [6.07, 6.45) is 3.12. The predicted octanol–water partition coefficient (Wildman–Crippen LogP) is 1.77. The highest BCUT2D eigenvalue weighted by Crippen LogP contribution is 2.27. The molecule has 0 unspecified atom stereocenters. The van der Waals surface area contributed by atoms with E-state index in [9.17, 15) is 14.4 Å². The number of ether oxygens (including phenoxy) is 3. The van der Waals surface area contributed by atoms with E-state index in [2.05, 4.69) is 21.2 Å². The van der Waals surface area contributed by atoms with Crippen molar-refractivity contribution in [3.8, 4) is 11.5 Å². The number of anilines is 1. The van der Waals surface area contributed by atoms with E-state index in [1.54, 1.807) is 18.2 Å². The second-order valence-electron chi connectivity index (χ2n) is 7.66. The number of nitrogens with zero attached hydrogens (tertiary/aromatic N) is 1.